The zero-order chi connectivity index (χ0) is 34.6. The second-order valence-corrected chi connectivity index (χ2v) is 11.4. The molecule has 3 N–H and O–H groups in total. The molecule has 1 atom stereocenters. The summed E-state index contributed by atoms with van der Waals surface area (Å²) in [6, 6.07) is 17.3. The molecule has 5 rings (SSSR count). The fraction of sp³-hybridized carbons (Fsp3) is 0.353. The monoisotopic (exact) mass is 667 g/mol. The number of para-hydroxylation sites is 1. The first-order valence-corrected chi connectivity index (χ1v) is 15.5. The lowest BCUT2D eigenvalue weighted by molar-refractivity contribution is -0.170. The number of benzene rings is 3. The van der Waals surface area contributed by atoms with Gasteiger partial charge in [0.2, 0.25) is 5.91 Å². The average molecular weight is 668 g/mol. The van der Waals surface area contributed by atoms with Gasteiger partial charge in [-0.1, -0.05) is 35.9 Å². The number of hydrogen-bond acceptors (Lipinski definition) is 6. The summed E-state index contributed by atoms with van der Waals surface area (Å²) in [7, 11) is 0. The molecule has 48 heavy (non-hydrogen) atoms. The number of urea groups is 1. The number of halogens is 3. The number of nitrogens with one attached hydrogen (secondary N) is 3. The van der Waals surface area contributed by atoms with E-state index in [0.717, 1.165) is 5.56 Å². The van der Waals surface area contributed by atoms with E-state index in [0.29, 0.717) is 40.6 Å². The van der Waals surface area contributed by atoms with Gasteiger partial charge in [0.1, 0.15) is 0 Å². The zero-order valence-electron chi connectivity index (χ0n) is 26.6. The summed E-state index contributed by atoms with van der Waals surface area (Å²) < 4.78 is 50.7. The maximum atomic E-state index is 14.4. The third-order valence-electron chi connectivity index (χ3n) is 8.11. The number of rotatable bonds is 11. The van der Waals surface area contributed by atoms with Gasteiger partial charge in [-0.3, -0.25) is 14.4 Å². The number of amides is 5. The van der Waals surface area contributed by atoms with Gasteiger partial charge >= 0.3 is 18.1 Å². The highest BCUT2D eigenvalue weighted by Crippen LogP contribution is 2.43. The van der Waals surface area contributed by atoms with E-state index in [1.807, 2.05) is 19.1 Å². The van der Waals surface area contributed by atoms with Gasteiger partial charge in [0, 0.05) is 42.4 Å². The molecule has 5 amide bonds. The molecule has 2 heterocycles. The standard InChI is InChI=1S/C34H36F3N5O6/c1-4-47-29(48-5-2)20-42-27-9-7-6-8-25(27)33(30(42)44,40-32(46)39-23-12-10-21(3)11-13-23)19-28(43)38-24-14-15-26-22(18-24)16-17-41(26)31(45)34(35,36)37/h6-15,18,29H,4-5,16-17,19-20H2,1-3H3,(H,38,43)(H2,39,40,46). The van der Waals surface area contributed by atoms with Gasteiger partial charge in [-0.15, -0.1) is 0 Å². The highest BCUT2D eigenvalue weighted by Gasteiger charge is 2.54. The largest absolute Gasteiger partial charge is 0.471 e. The van der Waals surface area contributed by atoms with E-state index in [4.69, 9.17) is 9.47 Å². The number of anilines is 4. The predicted molar refractivity (Wildman–Crippen MR) is 173 cm³/mol. The topological polar surface area (TPSA) is 129 Å². The molecule has 0 radical (unpaired) electrons. The number of alkyl halides is 3. The number of carbonyl (C=O) groups excluding carboxylic acids is 4. The summed E-state index contributed by atoms with van der Waals surface area (Å²) in [6.45, 7) is 5.96. The molecule has 0 aliphatic carbocycles. The van der Waals surface area contributed by atoms with Gasteiger partial charge in [-0.2, -0.15) is 13.2 Å². The van der Waals surface area contributed by atoms with E-state index >= 15 is 0 Å². The van der Waals surface area contributed by atoms with E-state index in [1.54, 1.807) is 50.2 Å². The average Bonchev–Trinajstić information content (AvgIpc) is 3.54. The minimum absolute atomic E-state index is 0.0138. The van der Waals surface area contributed by atoms with Crippen LogP contribution in [0.25, 0.3) is 0 Å². The van der Waals surface area contributed by atoms with E-state index in [2.05, 4.69) is 16.0 Å². The molecule has 14 heteroatoms. The van der Waals surface area contributed by atoms with Crippen molar-refractivity contribution in [3.63, 3.8) is 0 Å². The Bertz CT molecular complexity index is 1690. The summed E-state index contributed by atoms with van der Waals surface area (Å²) in [5.74, 6) is -3.20. The third kappa shape index (κ3) is 7.14. The molecule has 0 saturated heterocycles. The maximum Gasteiger partial charge on any atom is 0.471 e. The van der Waals surface area contributed by atoms with Gasteiger partial charge in [-0.05, 0) is 69.2 Å². The smallest absolute Gasteiger partial charge is 0.351 e. The Morgan fingerprint density at radius 3 is 2.25 bits per heavy atom. The van der Waals surface area contributed by atoms with E-state index in [1.165, 1.54) is 23.1 Å². The molecule has 254 valence electrons. The van der Waals surface area contributed by atoms with Gasteiger partial charge in [0.05, 0.1) is 18.7 Å². The maximum absolute atomic E-state index is 14.4. The molecular formula is C34H36F3N5O6. The first kappa shape index (κ1) is 34.4. The molecule has 1 unspecified atom stereocenters. The fourth-order valence-corrected chi connectivity index (χ4v) is 6.00. The highest BCUT2D eigenvalue weighted by atomic mass is 19.4. The molecule has 2 aliphatic rings. The van der Waals surface area contributed by atoms with Gasteiger partial charge in [0.25, 0.3) is 5.91 Å². The van der Waals surface area contributed by atoms with Crippen molar-refractivity contribution < 1.29 is 41.8 Å². The van der Waals surface area contributed by atoms with Crippen molar-refractivity contribution in [1.82, 2.24) is 5.32 Å². The zero-order valence-corrected chi connectivity index (χ0v) is 26.6. The van der Waals surface area contributed by atoms with Crippen molar-refractivity contribution in [2.45, 2.75) is 51.6 Å². The Kier molecular flexibility index (Phi) is 10.1. The lowest BCUT2D eigenvalue weighted by atomic mass is 9.87. The van der Waals surface area contributed by atoms with Gasteiger partial charge in [-0.25, -0.2) is 4.79 Å². The van der Waals surface area contributed by atoms with E-state index in [-0.39, 0.29) is 30.9 Å². The van der Waals surface area contributed by atoms with Crippen molar-refractivity contribution >= 4 is 46.5 Å². The number of fused-ring (bicyclic) bond motifs is 2. The van der Waals surface area contributed by atoms with Crippen molar-refractivity contribution in [2.75, 3.05) is 46.7 Å². The molecule has 0 fully saturated rings. The van der Waals surface area contributed by atoms with Crippen LogP contribution in [0.15, 0.2) is 66.7 Å². The van der Waals surface area contributed by atoms with Crippen LogP contribution in [-0.4, -0.2) is 62.5 Å². The molecular weight excluding hydrogens is 631 g/mol. The Morgan fingerprint density at radius 2 is 1.58 bits per heavy atom. The van der Waals surface area contributed by atoms with Gasteiger partial charge in [0.15, 0.2) is 11.8 Å². The van der Waals surface area contributed by atoms with E-state index in [9.17, 15) is 32.3 Å². The summed E-state index contributed by atoms with van der Waals surface area (Å²) in [4.78, 5) is 55.6. The third-order valence-corrected chi connectivity index (χ3v) is 8.11. The molecule has 3 aromatic rings. The Morgan fingerprint density at radius 1 is 0.917 bits per heavy atom. The van der Waals surface area contributed by atoms with Crippen LogP contribution >= 0.6 is 0 Å². The van der Waals surface area contributed by atoms with Crippen LogP contribution < -0.4 is 25.8 Å². The van der Waals surface area contributed by atoms with Crippen molar-refractivity contribution in [3.05, 3.63) is 83.4 Å². The summed E-state index contributed by atoms with van der Waals surface area (Å²) in [6.07, 6.45) is -6.17. The Labute approximate surface area is 275 Å². The molecule has 0 bridgehead atoms. The molecule has 0 saturated carbocycles. The van der Waals surface area contributed by atoms with Crippen LogP contribution in [0.5, 0.6) is 0 Å². The molecule has 11 nitrogen and oxygen atoms in total. The van der Waals surface area contributed by atoms with Gasteiger partial charge < -0.3 is 35.2 Å². The highest BCUT2D eigenvalue weighted by molar-refractivity contribution is 6.13. The number of aryl methyl sites for hydroxylation is 1. The fourth-order valence-electron chi connectivity index (χ4n) is 6.00. The van der Waals surface area contributed by atoms with E-state index < -0.39 is 48.2 Å². The lowest BCUT2D eigenvalue weighted by Gasteiger charge is -2.30. The molecule has 0 spiro atoms. The van der Waals surface area contributed by atoms with Crippen molar-refractivity contribution in [2.24, 2.45) is 0 Å². The first-order valence-electron chi connectivity index (χ1n) is 15.5. The van der Waals surface area contributed by atoms with Crippen molar-refractivity contribution in [1.29, 1.82) is 0 Å². The molecule has 2 aliphatic heterocycles. The van der Waals surface area contributed by atoms with Crippen LogP contribution in [0, 0.1) is 6.92 Å². The van der Waals surface area contributed by atoms with Crippen LogP contribution in [0.4, 0.5) is 40.7 Å². The summed E-state index contributed by atoms with van der Waals surface area (Å²) in [5.41, 5.74) is 1.24. The van der Waals surface area contributed by atoms with Crippen LogP contribution in [0.3, 0.4) is 0 Å². The Balaban J connectivity index is 1.44. The second kappa shape index (κ2) is 14.0. The molecule has 0 aromatic heterocycles. The predicted octanol–water partition coefficient (Wildman–Crippen LogP) is 5.24. The number of ether oxygens (including phenoxy) is 2. The minimum atomic E-state index is -5.02. The minimum Gasteiger partial charge on any atom is -0.351 e. The lowest BCUT2D eigenvalue weighted by Crippen LogP contribution is -2.56. The summed E-state index contributed by atoms with van der Waals surface area (Å²) >= 11 is 0. The SMILES string of the molecule is CCOC(CN1C(=O)C(CC(=O)Nc2ccc3c(c2)CCN3C(=O)C(F)(F)F)(NC(=O)Nc2ccc(C)cc2)c2ccccc21)OCC. The quantitative estimate of drug-likeness (QED) is 0.240. The Hall–Kier alpha value is -4.95. The summed E-state index contributed by atoms with van der Waals surface area (Å²) in [5, 5.41) is 8.23. The van der Waals surface area contributed by atoms with Crippen molar-refractivity contribution in [3.8, 4) is 0 Å². The number of nitrogens with zero attached hydrogens (tertiary/aromatic N) is 2. The molecule has 3 aromatic carbocycles. The van der Waals surface area contributed by atoms with Crippen LogP contribution in [-0.2, 0) is 35.8 Å². The normalized spacial score (nSPS) is 16.9. The number of hydrogen-bond donors (Lipinski definition) is 3. The van der Waals surface area contributed by atoms with Crippen LogP contribution in [0.1, 0.15) is 37.0 Å². The number of carbonyl (C=O) groups is 4. The first-order chi connectivity index (χ1) is 22.9. The second-order valence-electron chi connectivity index (χ2n) is 11.4. The van der Waals surface area contributed by atoms with Crippen LogP contribution in [0.2, 0.25) is 0 Å².